The highest BCUT2D eigenvalue weighted by atomic mass is 16.5. The molecule has 0 amide bonds. The van der Waals surface area contributed by atoms with Crippen molar-refractivity contribution in [3.05, 3.63) is 24.3 Å². The van der Waals surface area contributed by atoms with E-state index in [0.717, 1.165) is 13.2 Å². The van der Waals surface area contributed by atoms with Gasteiger partial charge in [-0.2, -0.15) is 10.2 Å². The van der Waals surface area contributed by atoms with Crippen LogP contribution < -0.4 is 0 Å². The zero-order valence-corrected chi connectivity index (χ0v) is 8.60. The van der Waals surface area contributed by atoms with Gasteiger partial charge in [0.25, 0.3) is 0 Å². The first-order valence-corrected chi connectivity index (χ1v) is 5.72. The van der Waals surface area contributed by atoms with Crippen LogP contribution in [0.5, 0.6) is 0 Å². The first kappa shape index (κ1) is 8.22. The van der Waals surface area contributed by atoms with Gasteiger partial charge in [0.15, 0.2) is 0 Å². The Morgan fingerprint density at radius 2 is 1.47 bits per heavy atom. The van der Waals surface area contributed by atoms with E-state index in [1.807, 2.05) is 0 Å². The van der Waals surface area contributed by atoms with Crippen LogP contribution in [0.25, 0.3) is 0 Å². The molecule has 78 valence electrons. The molecule has 1 saturated heterocycles. The number of rotatable bonds is 0. The van der Waals surface area contributed by atoms with Crippen LogP contribution >= 0.6 is 0 Å². The van der Waals surface area contributed by atoms with Crippen molar-refractivity contribution in [1.82, 2.24) is 0 Å². The van der Waals surface area contributed by atoms with E-state index in [1.165, 1.54) is 12.8 Å². The Bertz CT molecular complexity index is 364. The number of allylic oxidation sites excluding steroid dienone is 2. The molecule has 0 radical (unpaired) electrons. The minimum Gasteiger partial charge on any atom is -0.379 e. The van der Waals surface area contributed by atoms with Gasteiger partial charge in [0.05, 0.1) is 25.3 Å². The first-order chi connectivity index (χ1) is 7.37. The molecule has 0 aromatic heterocycles. The number of ether oxygens (including phenoxy) is 1. The smallest absolute Gasteiger partial charge is 0.0832 e. The van der Waals surface area contributed by atoms with Gasteiger partial charge in [-0.1, -0.05) is 24.3 Å². The molecule has 2 unspecified atom stereocenters. The molecule has 3 aliphatic heterocycles. The third-order valence-corrected chi connectivity index (χ3v) is 4.69. The summed E-state index contributed by atoms with van der Waals surface area (Å²) in [5.74, 6) is 0. The van der Waals surface area contributed by atoms with Crippen molar-refractivity contribution in [3.63, 3.8) is 0 Å². The fourth-order valence-corrected chi connectivity index (χ4v) is 3.87. The summed E-state index contributed by atoms with van der Waals surface area (Å²) in [7, 11) is 0. The summed E-state index contributed by atoms with van der Waals surface area (Å²) < 4.78 is 5.78. The molecular formula is C12H14N2O. The maximum absolute atomic E-state index is 5.78. The van der Waals surface area contributed by atoms with Crippen LogP contribution in [0.15, 0.2) is 34.5 Å². The van der Waals surface area contributed by atoms with Crippen LogP contribution in [0.3, 0.4) is 0 Å². The third-order valence-electron chi connectivity index (χ3n) is 4.69. The fraction of sp³-hybridized carbons (Fsp3) is 0.667. The molecule has 0 aromatic carbocycles. The first-order valence-electron chi connectivity index (χ1n) is 5.72. The minimum atomic E-state index is 0.131. The minimum absolute atomic E-state index is 0.131. The highest BCUT2D eigenvalue weighted by Gasteiger charge is 2.66. The topological polar surface area (TPSA) is 34.0 Å². The van der Waals surface area contributed by atoms with Crippen LogP contribution in [0.2, 0.25) is 0 Å². The van der Waals surface area contributed by atoms with Gasteiger partial charge in [-0.15, -0.1) is 0 Å². The Balaban J connectivity index is 1.99. The number of hydrogen-bond donors (Lipinski definition) is 0. The lowest BCUT2D eigenvalue weighted by molar-refractivity contribution is 0.0465. The molecule has 0 spiro atoms. The summed E-state index contributed by atoms with van der Waals surface area (Å²) in [6.45, 7) is 1.65. The van der Waals surface area contributed by atoms with Gasteiger partial charge >= 0.3 is 0 Å². The fourth-order valence-electron chi connectivity index (χ4n) is 3.87. The molecule has 3 heteroatoms. The molecule has 2 fully saturated rings. The second-order valence-electron chi connectivity index (χ2n) is 5.13. The van der Waals surface area contributed by atoms with E-state index in [0.29, 0.717) is 12.1 Å². The van der Waals surface area contributed by atoms with Gasteiger partial charge in [-0.3, -0.25) is 0 Å². The van der Waals surface area contributed by atoms with Gasteiger partial charge in [-0.25, -0.2) is 0 Å². The largest absolute Gasteiger partial charge is 0.379 e. The average Bonchev–Trinajstić information content (AvgIpc) is 2.73. The summed E-state index contributed by atoms with van der Waals surface area (Å²) in [5.41, 5.74) is 0.263. The maximum Gasteiger partial charge on any atom is 0.0832 e. The van der Waals surface area contributed by atoms with Crippen LogP contribution in [0.1, 0.15) is 12.8 Å². The highest BCUT2D eigenvalue weighted by molar-refractivity contribution is 5.35. The van der Waals surface area contributed by atoms with Gasteiger partial charge in [0.2, 0.25) is 0 Å². The van der Waals surface area contributed by atoms with Gasteiger partial charge in [0.1, 0.15) is 0 Å². The van der Waals surface area contributed by atoms with Crippen molar-refractivity contribution in [3.8, 4) is 0 Å². The Labute approximate surface area is 88.9 Å². The quantitative estimate of drug-likeness (QED) is 0.592. The lowest BCUT2D eigenvalue weighted by atomic mass is 9.51. The maximum atomic E-state index is 5.78. The Morgan fingerprint density at radius 3 is 1.93 bits per heavy atom. The molecule has 1 saturated carbocycles. The third kappa shape index (κ3) is 0.718. The van der Waals surface area contributed by atoms with Gasteiger partial charge < -0.3 is 4.74 Å². The zero-order chi connectivity index (χ0) is 9.93. The molecule has 0 N–H and O–H groups in total. The number of fused-ring (bicyclic) bond motifs is 1. The van der Waals surface area contributed by atoms with E-state index < -0.39 is 0 Å². The summed E-state index contributed by atoms with van der Waals surface area (Å²) >= 11 is 0. The van der Waals surface area contributed by atoms with Crippen molar-refractivity contribution >= 4 is 0 Å². The van der Waals surface area contributed by atoms with Crippen molar-refractivity contribution in [2.75, 3.05) is 13.2 Å². The van der Waals surface area contributed by atoms with E-state index >= 15 is 0 Å². The Kier molecular flexibility index (Phi) is 1.32. The Hall–Kier alpha value is -0.960. The molecule has 4 atom stereocenters. The average molecular weight is 202 g/mol. The highest BCUT2D eigenvalue weighted by Crippen LogP contribution is 2.62. The summed E-state index contributed by atoms with van der Waals surface area (Å²) in [6, 6.07) is 0.706. The van der Waals surface area contributed by atoms with E-state index in [9.17, 15) is 0 Å². The molecule has 3 heterocycles. The van der Waals surface area contributed by atoms with Crippen molar-refractivity contribution in [2.45, 2.75) is 24.9 Å². The molecule has 0 aromatic rings. The van der Waals surface area contributed by atoms with Crippen molar-refractivity contribution in [1.29, 1.82) is 0 Å². The molecule has 2 aliphatic carbocycles. The van der Waals surface area contributed by atoms with Crippen LogP contribution in [-0.4, -0.2) is 25.3 Å². The number of nitrogens with zero attached hydrogens (tertiary/aromatic N) is 2. The SMILES string of the molecule is C1=CC23COC[C@@]2(C=C1)[C@H]1CCC3N=N1. The van der Waals surface area contributed by atoms with E-state index in [4.69, 9.17) is 4.74 Å². The number of azo groups is 1. The van der Waals surface area contributed by atoms with Gasteiger partial charge in [0, 0.05) is 10.8 Å². The molecule has 15 heavy (non-hydrogen) atoms. The van der Waals surface area contributed by atoms with Crippen molar-refractivity contribution < 1.29 is 4.74 Å². The number of hydrogen-bond acceptors (Lipinski definition) is 3. The molecule has 5 aliphatic rings. The summed E-state index contributed by atoms with van der Waals surface area (Å²) in [6.07, 6.45) is 11.3. The monoisotopic (exact) mass is 202 g/mol. The second-order valence-corrected chi connectivity index (χ2v) is 5.13. The summed E-state index contributed by atoms with van der Waals surface area (Å²) in [4.78, 5) is 0. The van der Waals surface area contributed by atoms with E-state index in [2.05, 4.69) is 34.5 Å². The standard InChI is InChI=1S/C12H14N2O/c1-2-6-12-8-15-7-11(12,5-1)9-3-4-10(12)14-13-9/h1-2,5-6,9-10H,3-4,7-8H2/t9-,10?,11+,12?/m1/s1. The summed E-state index contributed by atoms with van der Waals surface area (Å²) in [5, 5.41) is 8.94. The second kappa shape index (κ2) is 2.40. The predicted molar refractivity (Wildman–Crippen MR) is 55.6 cm³/mol. The van der Waals surface area contributed by atoms with E-state index in [1.54, 1.807) is 0 Å². The predicted octanol–water partition coefficient (Wildman–Crippen LogP) is 2.11. The molecule has 2 bridgehead atoms. The van der Waals surface area contributed by atoms with Gasteiger partial charge in [-0.05, 0) is 12.8 Å². The molecule has 3 nitrogen and oxygen atoms in total. The van der Waals surface area contributed by atoms with Crippen LogP contribution in [-0.2, 0) is 4.74 Å². The normalized spacial score (nSPS) is 54.4. The molecule has 5 rings (SSSR count). The lowest BCUT2D eigenvalue weighted by Gasteiger charge is -2.54. The molecular weight excluding hydrogens is 188 g/mol. The van der Waals surface area contributed by atoms with Crippen LogP contribution in [0, 0.1) is 10.8 Å². The van der Waals surface area contributed by atoms with E-state index in [-0.39, 0.29) is 10.8 Å². The lowest BCUT2D eigenvalue weighted by Crippen LogP contribution is -2.58. The van der Waals surface area contributed by atoms with Crippen molar-refractivity contribution in [2.24, 2.45) is 21.1 Å². The zero-order valence-electron chi connectivity index (χ0n) is 8.60. The van der Waals surface area contributed by atoms with Crippen LogP contribution in [0.4, 0.5) is 0 Å². The Morgan fingerprint density at radius 1 is 0.933 bits per heavy atom.